The highest BCUT2D eigenvalue weighted by Crippen LogP contribution is 2.36. The van der Waals surface area contributed by atoms with Crippen LogP contribution in [0.1, 0.15) is 155 Å². The lowest BCUT2D eigenvalue weighted by atomic mass is 9.88. The second-order valence-electron chi connectivity index (χ2n) is 12.9. The molecule has 0 N–H and O–H groups in total. The van der Waals surface area contributed by atoms with Crippen molar-refractivity contribution in [2.75, 3.05) is 0 Å². The Labute approximate surface area is 255 Å². The van der Waals surface area contributed by atoms with Crippen LogP contribution in [0.2, 0.25) is 0 Å². The number of rotatable bonds is 20. The van der Waals surface area contributed by atoms with Crippen molar-refractivity contribution in [3.8, 4) is 0 Å². The van der Waals surface area contributed by atoms with Gasteiger partial charge in [-0.2, -0.15) is 0 Å². The third-order valence-corrected chi connectivity index (χ3v) is 9.48. The van der Waals surface area contributed by atoms with Gasteiger partial charge >= 0.3 is 0 Å². The summed E-state index contributed by atoms with van der Waals surface area (Å²) in [5, 5.41) is 0. The first-order valence-electron chi connectivity index (χ1n) is 17.5. The zero-order valence-corrected chi connectivity index (χ0v) is 26.7. The van der Waals surface area contributed by atoms with Crippen LogP contribution < -0.4 is 0 Å². The molecule has 0 aromatic rings. The summed E-state index contributed by atoms with van der Waals surface area (Å²) in [7, 11) is 0. The van der Waals surface area contributed by atoms with Crippen molar-refractivity contribution >= 4 is 23.6 Å². The second-order valence-corrected chi connectivity index (χ2v) is 12.9. The van der Waals surface area contributed by atoms with E-state index in [-0.39, 0.29) is 36.5 Å². The molecule has 2 aliphatic heterocycles. The van der Waals surface area contributed by atoms with Gasteiger partial charge in [-0.25, -0.2) is 0 Å². The van der Waals surface area contributed by atoms with E-state index in [1.165, 1.54) is 86.8 Å². The number of amides is 4. The normalized spacial score (nSPS) is 25.3. The molecule has 0 aromatic heterocycles. The van der Waals surface area contributed by atoms with Crippen LogP contribution in [0, 0.1) is 11.8 Å². The molecule has 2 saturated heterocycles. The fraction of sp³-hybridized carbons (Fsp3) is 0.778. The maximum atomic E-state index is 13.4. The van der Waals surface area contributed by atoms with E-state index in [9.17, 15) is 19.2 Å². The molecule has 3 aliphatic rings. The summed E-state index contributed by atoms with van der Waals surface area (Å²) in [6, 6.07) is -0.799. The number of carbonyl (C=O) groups excluding carboxylic acids is 4. The number of unbranched alkanes of at least 4 members (excludes halogenated alkanes) is 14. The summed E-state index contributed by atoms with van der Waals surface area (Å²) in [5.74, 6) is -1.47. The lowest BCUT2D eigenvalue weighted by Crippen LogP contribution is -2.56. The molecule has 3 rings (SSSR count). The molecule has 0 radical (unpaired) electrons. The van der Waals surface area contributed by atoms with E-state index in [1.807, 2.05) is 12.2 Å². The minimum absolute atomic E-state index is 0.155. The van der Waals surface area contributed by atoms with Crippen molar-refractivity contribution in [2.45, 2.75) is 167 Å². The molecule has 0 aromatic carbocycles. The Balaban J connectivity index is 1.50. The van der Waals surface area contributed by atoms with Crippen LogP contribution in [0.25, 0.3) is 0 Å². The molecule has 1 saturated carbocycles. The first kappa shape index (κ1) is 34.3. The van der Waals surface area contributed by atoms with E-state index >= 15 is 0 Å². The van der Waals surface area contributed by atoms with Crippen LogP contribution in [-0.2, 0) is 19.2 Å². The van der Waals surface area contributed by atoms with E-state index in [0.717, 1.165) is 38.5 Å². The average molecular weight is 583 g/mol. The number of hydrogen-bond donors (Lipinski definition) is 0. The molecular weight excluding hydrogens is 524 g/mol. The molecule has 4 amide bonds. The Kier molecular flexibility index (Phi) is 15.6. The predicted molar refractivity (Wildman–Crippen MR) is 169 cm³/mol. The average Bonchev–Trinajstić information content (AvgIpc) is 3.43. The number of likely N-dealkylation sites (tertiary alicyclic amines) is 2. The van der Waals surface area contributed by atoms with Crippen LogP contribution in [0.3, 0.4) is 0 Å². The zero-order chi connectivity index (χ0) is 30.2. The fourth-order valence-corrected chi connectivity index (χ4v) is 7.00. The van der Waals surface area contributed by atoms with E-state index in [4.69, 9.17) is 0 Å². The van der Waals surface area contributed by atoms with Crippen molar-refractivity contribution in [2.24, 2.45) is 11.8 Å². The Hall–Kier alpha value is -2.24. The van der Waals surface area contributed by atoms with E-state index < -0.39 is 23.9 Å². The molecule has 6 heteroatoms. The molecule has 4 atom stereocenters. The summed E-state index contributed by atoms with van der Waals surface area (Å²) in [6.07, 6.45) is 30.9. The molecule has 0 bridgehead atoms. The molecule has 6 nitrogen and oxygen atoms in total. The van der Waals surface area contributed by atoms with E-state index in [2.05, 4.69) is 26.0 Å². The third-order valence-electron chi connectivity index (χ3n) is 9.48. The van der Waals surface area contributed by atoms with Gasteiger partial charge in [0.05, 0.1) is 23.9 Å². The van der Waals surface area contributed by atoms with Crippen molar-refractivity contribution in [3.05, 3.63) is 24.3 Å². The Morgan fingerprint density at radius 2 is 0.905 bits per heavy atom. The van der Waals surface area contributed by atoms with Gasteiger partial charge in [0, 0.05) is 12.8 Å². The van der Waals surface area contributed by atoms with Crippen LogP contribution >= 0.6 is 0 Å². The van der Waals surface area contributed by atoms with Crippen molar-refractivity contribution < 1.29 is 19.2 Å². The van der Waals surface area contributed by atoms with Crippen molar-refractivity contribution in [3.63, 3.8) is 0 Å². The topological polar surface area (TPSA) is 74.8 Å². The summed E-state index contributed by atoms with van der Waals surface area (Å²) in [4.78, 5) is 55.9. The number of hydrogen-bond acceptors (Lipinski definition) is 4. The van der Waals surface area contributed by atoms with E-state index in [1.54, 1.807) is 0 Å². The maximum Gasteiger partial charge on any atom is 0.236 e. The zero-order valence-electron chi connectivity index (χ0n) is 26.7. The molecule has 4 unspecified atom stereocenters. The highest BCUT2D eigenvalue weighted by molar-refractivity contribution is 6.06. The largest absolute Gasteiger partial charge is 0.277 e. The fourth-order valence-electron chi connectivity index (χ4n) is 7.00. The second kappa shape index (κ2) is 19.1. The molecule has 2 heterocycles. The maximum absolute atomic E-state index is 13.4. The molecular formula is C36H58N2O4. The van der Waals surface area contributed by atoms with Gasteiger partial charge in [0.2, 0.25) is 23.6 Å². The third kappa shape index (κ3) is 10.2. The van der Waals surface area contributed by atoms with Crippen LogP contribution in [-0.4, -0.2) is 45.5 Å². The number of allylic oxidation sites excluding steroid dienone is 2. The summed E-state index contributed by atoms with van der Waals surface area (Å²) < 4.78 is 0. The van der Waals surface area contributed by atoms with Crippen LogP contribution in [0.4, 0.5) is 0 Å². The van der Waals surface area contributed by atoms with Crippen LogP contribution in [0.15, 0.2) is 24.3 Å². The van der Waals surface area contributed by atoms with Crippen molar-refractivity contribution in [1.82, 2.24) is 9.80 Å². The summed E-state index contributed by atoms with van der Waals surface area (Å²) >= 11 is 0. The lowest BCUT2D eigenvalue weighted by Gasteiger charge is -2.40. The summed E-state index contributed by atoms with van der Waals surface area (Å²) in [6.45, 7) is 4.46. The van der Waals surface area contributed by atoms with Gasteiger partial charge in [-0.3, -0.25) is 29.0 Å². The highest BCUT2D eigenvalue weighted by Gasteiger charge is 2.50. The Morgan fingerprint density at radius 1 is 0.548 bits per heavy atom. The first-order chi connectivity index (χ1) is 20.5. The van der Waals surface area contributed by atoms with Gasteiger partial charge < -0.3 is 0 Å². The highest BCUT2D eigenvalue weighted by atomic mass is 16.2. The lowest BCUT2D eigenvalue weighted by molar-refractivity contribution is -0.152. The Bertz CT molecular complexity index is 851. The molecule has 0 spiro atoms. The Morgan fingerprint density at radius 3 is 1.29 bits per heavy atom. The SMILES string of the molecule is CCCCCCCCC/C=C/C1CC(=O)N(C2CCCCC2N2C(=O)CC(/C=C/CCCCCCCCC)C2=O)C1=O. The van der Waals surface area contributed by atoms with Crippen molar-refractivity contribution in [1.29, 1.82) is 0 Å². The smallest absolute Gasteiger partial charge is 0.236 e. The first-order valence-corrected chi connectivity index (χ1v) is 17.5. The summed E-state index contributed by atoms with van der Waals surface area (Å²) in [5.41, 5.74) is 0. The van der Waals surface area contributed by atoms with Gasteiger partial charge in [0.1, 0.15) is 0 Å². The number of imide groups is 2. The standard InChI is InChI=1S/C36H58N2O4/c1-3-5-7-9-11-13-15-17-19-23-29-27-33(39)37(35(29)41)31-25-21-22-26-32(31)38-34(40)28-30(36(38)42)24-20-18-16-14-12-10-8-6-4-2/h19-20,23-24,29-32H,3-18,21-22,25-28H2,1-2H3/b23-19+,24-20+. The van der Waals surface area contributed by atoms with Gasteiger partial charge in [0.15, 0.2) is 0 Å². The van der Waals surface area contributed by atoms with E-state index in [0.29, 0.717) is 12.8 Å². The van der Waals surface area contributed by atoms with Gasteiger partial charge in [-0.15, -0.1) is 0 Å². The molecule has 3 fully saturated rings. The molecule has 1 aliphatic carbocycles. The quantitative estimate of drug-likeness (QED) is 0.0820. The number of nitrogens with zero attached hydrogens (tertiary/aromatic N) is 2. The monoisotopic (exact) mass is 582 g/mol. The molecule has 236 valence electrons. The predicted octanol–water partition coefficient (Wildman–Crippen LogP) is 8.44. The minimum Gasteiger partial charge on any atom is -0.277 e. The van der Waals surface area contributed by atoms with Gasteiger partial charge in [-0.05, 0) is 38.5 Å². The minimum atomic E-state index is -0.420. The van der Waals surface area contributed by atoms with Gasteiger partial charge in [0.25, 0.3) is 0 Å². The van der Waals surface area contributed by atoms with Gasteiger partial charge in [-0.1, -0.05) is 128 Å². The number of carbonyl (C=O) groups is 4. The van der Waals surface area contributed by atoms with Crippen LogP contribution in [0.5, 0.6) is 0 Å². The molecule has 42 heavy (non-hydrogen) atoms.